The summed E-state index contributed by atoms with van der Waals surface area (Å²) in [5.74, 6) is 0.453. The molecule has 0 aliphatic carbocycles. The van der Waals surface area contributed by atoms with Gasteiger partial charge in [0.05, 0.1) is 0 Å². The Hall–Kier alpha value is -1.09. The van der Waals surface area contributed by atoms with Crippen molar-refractivity contribution in [2.75, 3.05) is 31.1 Å². The molecule has 1 aromatic carbocycles. The molecule has 1 aliphatic rings. The molecule has 1 fully saturated rings. The molecule has 2 nitrogen and oxygen atoms in total. The van der Waals surface area contributed by atoms with Crippen molar-refractivity contribution in [2.24, 2.45) is 5.92 Å². The summed E-state index contributed by atoms with van der Waals surface area (Å²) in [6.45, 7) is 6.32. The molecule has 0 spiro atoms. The highest BCUT2D eigenvalue weighted by molar-refractivity contribution is 5.46. The van der Waals surface area contributed by atoms with Gasteiger partial charge >= 0.3 is 0 Å². The van der Waals surface area contributed by atoms with Crippen LogP contribution in [0.2, 0.25) is 0 Å². The van der Waals surface area contributed by atoms with Crippen LogP contribution in [0.25, 0.3) is 0 Å². The number of rotatable bonds is 1. The van der Waals surface area contributed by atoms with Gasteiger partial charge in [0.1, 0.15) is 5.82 Å². The van der Waals surface area contributed by atoms with E-state index >= 15 is 0 Å². The Morgan fingerprint density at radius 1 is 1.44 bits per heavy atom. The summed E-state index contributed by atoms with van der Waals surface area (Å²) in [5, 5.41) is 3.42. The number of hydrogen-bond donors (Lipinski definition) is 1. The van der Waals surface area contributed by atoms with E-state index in [-0.39, 0.29) is 5.82 Å². The Morgan fingerprint density at radius 2 is 2.31 bits per heavy atom. The van der Waals surface area contributed by atoms with Crippen molar-refractivity contribution in [3.63, 3.8) is 0 Å². The predicted octanol–water partition coefficient (Wildman–Crippen LogP) is 2.26. The number of benzene rings is 1. The van der Waals surface area contributed by atoms with Crippen molar-refractivity contribution in [1.29, 1.82) is 0 Å². The van der Waals surface area contributed by atoms with E-state index in [1.807, 2.05) is 6.07 Å². The highest BCUT2D eigenvalue weighted by atomic mass is 19.1. The van der Waals surface area contributed by atoms with Crippen LogP contribution in [0.1, 0.15) is 13.3 Å². The number of anilines is 1. The summed E-state index contributed by atoms with van der Waals surface area (Å²) in [6, 6.07) is 6.90. The topological polar surface area (TPSA) is 15.3 Å². The summed E-state index contributed by atoms with van der Waals surface area (Å²) >= 11 is 0. The third-order valence-electron chi connectivity index (χ3n) is 2.98. The molecule has 0 amide bonds. The van der Waals surface area contributed by atoms with Gasteiger partial charge in [-0.3, -0.25) is 0 Å². The molecule has 3 heteroatoms. The lowest BCUT2D eigenvalue weighted by Crippen LogP contribution is -2.38. The summed E-state index contributed by atoms with van der Waals surface area (Å²) in [4.78, 5) is 2.29. The van der Waals surface area contributed by atoms with E-state index in [1.54, 1.807) is 12.1 Å². The SMILES string of the molecule is CC1CNCCCN(c2cccc(F)c2)C1. The average molecular weight is 222 g/mol. The van der Waals surface area contributed by atoms with Crippen molar-refractivity contribution in [1.82, 2.24) is 5.32 Å². The summed E-state index contributed by atoms with van der Waals surface area (Å²) in [5.41, 5.74) is 1.01. The van der Waals surface area contributed by atoms with E-state index in [0.29, 0.717) is 5.92 Å². The first kappa shape index (κ1) is 11.4. The molecular weight excluding hydrogens is 203 g/mol. The minimum absolute atomic E-state index is 0.148. The zero-order valence-corrected chi connectivity index (χ0v) is 9.75. The molecule has 0 bridgehead atoms. The van der Waals surface area contributed by atoms with E-state index in [2.05, 4.69) is 17.1 Å². The summed E-state index contributed by atoms with van der Waals surface area (Å²) < 4.78 is 13.2. The molecule has 1 aliphatic heterocycles. The lowest BCUT2D eigenvalue weighted by atomic mass is 10.1. The maximum atomic E-state index is 13.2. The first-order valence-corrected chi connectivity index (χ1v) is 5.97. The van der Waals surface area contributed by atoms with Crippen LogP contribution in [-0.2, 0) is 0 Å². The van der Waals surface area contributed by atoms with Crippen LogP contribution in [-0.4, -0.2) is 26.2 Å². The second kappa shape index (κ2) is 5.30. The Balaban J connectivity index is 2.11. The van der Waals surface area contributed by atoms with Gasteiger partial charge in [-0.1, -0.05) is 13.0 Å². The highest BCUT2D eigenvalue weighted by Crippen LogP contribution is 2.18. The van der Waals surface area contributed by atoms with E-state index in [4.69, 9.17) is 0 Å². The molecule has 0 aromatic heterocycles. The average Bonchev–Trinajstić information content (AvgIpc) is 2.23. The summed E-state index contributed by atoms with van der Waals surface area (Å²) in [7, 11) is 0. The molecule has 16 heavy (non-hydrogen) atoms. The normalized spacial score (nSPS) is 22.6. The Kier molecular flexibility index (Phi) is 3.78. The standard InChI is InChI=1S/C13H19FN2/c1-11-9-15-6-3-7-16(10-11)13-5-2-4-12(14)8-13/h2,4-5,8,11,15H,3,6-7,9-10H2,1H3. The fraction of sp³-hybridized carbons (Fsp3) is 0.538. The van der Waals surface area contributed by atoms with E-state index in [0.717, 1.165) is 38.3 Å². The van der Waals surface area contributed by atoms with E-state index in [1.165, 1.54) is 6.07 Å². The molecule has 0 saturated carbocycles. The van der Waals surface area contributed by atoms with Crippen molar-refractivity contribution >= 4 is 5.69 Å². The van der Waals surface area contributed by atoms with Crippen molar-refractivity contribution in [3.05, 3.63) is 30.1 Å². The second-order valence-electron chi connectivity index (χ2n) is 4.59. The lowest BCUT2D eigenvalue weighted by Gasteiger charge is -2.30. The van der Waals surface area contributed by atoms with Gasteiger partial charge in [0.25, 0.3) is 0 Å². The molecular formula is C13H19FN2. The van der Waals surface area contributed by atoms with Gasteiger partial charge in [-0.15, -0.1) is 0 Å². The molecule has 88 valence electrons. The molecule has 1 atom stereocenters. The molecule has 1 unspecified atom stereocenters. The molecule has 1 N–H and O–H groups in total. The Morgan fingerprint density at radius 3 is 3.12 bits per heavy atom. The molecule has 2 rings (SSSR count). The van der Waals surface area contributed by atoms with Gasteiger partial charge in [0, 0.05) is 18.8 Å². The maximum Gasteiger partial charge on any atom is 0.125 e. The lowest BCUT2D eigenvalue weighted by molar-refractivity contribution is 0.467. The van der Waals surface area contributed by atoms with Crippen LogP contribution in [0, 0.1) is 11.7 Å². The van der Waals surface area contributed by atoms with Gasteiger partial charge in [-0.25, -0.2) is 4.39 Å². The second-order valence-corrected chi connectivity index (χ2v) is 4.59. The van der Waals surface area contributed by atoms with Gasteiger partial charge in [-0.05, 0) is 43.6 Å². The molecule has 1 aromatic rings. The van der Waals surface area contributed by atoms with Crippen LogP contribution < -0.4 is 10.2 Å². The summed E-state index contributed by atoms with van der Waals surface area (Å²) in [6.07, 6.45) is 1.11. The number of nitrogens with one attached hydrogen (secondary N) is 1. The van der Waals surface area contributed by atoms with Gasteiger partial charge in [0.15, 0.2) is 0 Å². The van der Waals surface area contributed by atoms with Crippen molar-refractivity contribution in [3.8, 4) is 0 Å². The first-order chi connectivity index (χ1) is 7.75. The monoisotopic (exact) mass is 222 g/mol. The zero-order valence-electron chi connectivity index (χ0n) is 9.75. The van der Waals surface area contributed by atoms with E-state index in [9.17, 15) is 4.39 Å². The largest absolute Gasteiger partial charge is 0.371 e. The van der Waals surface area contributed by atoms with Gasteiger partial charge in [-0.2, -0.15) is 0 Å². The molecule has 1 saturated heterocycles. The number of halogens is 1. The van der Waals surface area contributed by atoms with Crippen LogP contribution in [0.5, 0.6) is 0 Å². The van der Waals surface area contributed by atoms with E-state index < -0.39 is 0 Å². The third-order valence-corrected chi connectivity index (χ3v) is 2.98. The van der Waals surface area contributed by atoms with Crippen molar-refractivity contribution in [2.45, 2.75) is 13.3 Å². The quantitative estimate of drug-likeness (QED) is 0.784. The predicted molar refractivity (Wildman–Crippen MR) is 65.3 cm³/mol. The van der Waals surface area contributed by atoms with Crippen LogP contribution in [0.3, 0.4) is 0 Å². The smallest absolute Gasteiger partial charge is 0.125 e. The minimum atomic E-state index is -0.148. The van der Waals surface area contributed by atoms with Crippen LogP contribution >= 0.6 is 0 Å². The molecule has 1 heterocycles. The minimum Gasteiger partial charge on any atom is -0.371 e. The fourth-order valence-corrected chi connectivity index (χ4v) is 2.18. The Bertz CT molecular complexity index is 340. The number of hydrogen-bond acceptors (Lipinski definition) is 2. The Labute approximate surface area is 96.5 Å². The van der Waals surface area contributed by atoms with Crippen molar-refractivity contribution < 1.29 is 4.39 Å². The van der Waals surface area contributed by atoms with Crippen LogP contribution in [0.4, 0.5) is 10.1 Å². The third kappa shape index (κ3) is 2.95. The van der Waals surface area contributed by atoms with Crippen LogP contribution in [0.15, 0.2) is 24.3 Å². The number of nitrogens with zero attached hydrogens (tertiary/aromatic N) is 1. The van der Waals surface area contributed by atoms with Gasteiger partial charge in [0.2, 0.25) is 0 Å². The van der Waals surface area contributed by atoms with Gasteiger partial charge < -0.3 is 10.2 Å². The molecule has 0 radical (unpaired) electrons. The zero-order chi connectivity index (χ0) is 11.4. The highest BCUT2D eigenvalue weighted by Gasteiger charge is 2.13. The maximum absolute atomic E-state index is 13.2. The fourth-order valence-electron chi connectivity index (χ4n) is 2.18. The first-order valence-electron chi connectivity index (χ1n) is 5.97.